The highest BCUT2D eigenvalue weighted by atomic mass is 16.5. The summed E-state index contributed by atoms with van der Waals surface area (Å²) < 4.78 is 22.6. The van der Waals surface area contributed by atoms with Crippen molar-refractivity contribution in [2.75, 3.05) is 19.8 Å². The van der Waals surface area contributed by atoms with E-state index in [4.69, 9.17) is 18.6 Å². The minimum atomic E-state index is -0.865. The molecule has 0 bridgehead atoms. The van der Waals surface area contributed by atoms with Crippen LogP contribution in [-0.2, 0) is 16.1 Å². The summed E-state index contributed by atoms with van der Waals surface area (Å²) in [5.41, 5.74) is 0.994. The van der Waals surface area contributed by atoms with Crippen LogP contribution in [-0.4, -0.2) is 41.5 Å². The van der Waals surface area contributed by atoms with Gasteiger partial charge in [-0.25, -0.2) is 0 Å². The van der Waals surface area contributed by atoms with Gasteiger partial charge in [0.1, 0.15) is 17.3 Å². The van der Waals surface area contributed by atoms with Crippen molar-refractivity contribution in [1.29, 1.82) is 0 Å². The maximum Gasteiger partial charge on any atom is 0.296 e. The summed E-state index contributed by atoms with van der Waals surface area (Å²) in [7, 11) is 0. The second-order valence-electron chi connectivity index (χ2n) is 8.45. The summed E-state index contributed by atoms with van der Waals surface area (Å²) in [6.45, 7) is 7.24. The highest BCUT2D eigenvalue weighted by Crippen LogP contribution is 2.43. The molecule has 0 spiro atoms. The predicted molar refractivity (Wildman–Crippen MR) is 138 cm³/mol. The normalized spacial score (nSPS) is 16.7. The molecule has 3 aromatic rings. The van der Waals surface area contributed by atoms with Crippen LogP contribution in [0.25, 0.3) is 5.76 Å². The topological polar surface area (TPSA) is 98.4 Å². The van der Waals surface area contributed by atoms with Crippen LogP contribution >= 0.6 is 0 Å². The Balaban J connectivity index is 1.82. The van der Waals surface area contributed by atoms with Crippen LogP contribution in [0.3, 0.4) is 0 Å². The molecule has 2 aromatic carbocycles. The number of ether oxygens (including phenoxy) is 3. The van der Waals surface area contributed by atoms with Gasteiger partial charge in [-0.2, -0.15) is 0 Å². The molecule has 1 saturated heterocycles. The molecule has 8 heteroatoms. The Bertz CT molecular complexity index is 1260. The van der Waals surface area contributed by atoms with Gasteiger partial charge in [-0.15, -0.1) is 0 Å². The molecule has 2 heterocycles. The summed E-state index contributed by atoms with van der Waals surface area (Å²) in [6, 6.07) is 14.6. The quantitative estimate of drug-likeness (QED) is 0.209. The lowest BCUT2D eigenvalue weighted by Crippen LogP contribution is -2.29. The lowest BCUT2D eigenvalue weighted by Gasteiger charge is -2.25. The third-order valence-corrected chi connectivity index (χ3v) is 5.93. The highest BCUT2D eigenvalue weighted by molar-refractivity contribution is 6.46. The highest BCUT2D eigenvalue weighted by Gasteiger charge is 2.46. The van der Waals surface area contributed by atoms with E-state index in [-0.39, 0.29) is 17.9 Å². The van der Waals surface area contributed by atoms with Crippen LogP contribution in [0, 0.1) is 0 Å². The Morgan fingerprint density at radius 2 is 1.68 bits per heavy atom. The minimum absolute atomic E-state index is 0.00890. The number of benzene rings is 2. The maximum atomic E-state index is 13.3. The standard InChI is InChI=1S/C29H31NO7/c1-4-15-36-21-12-9-19(10-13-21)27(31)25-26(20-11-14-23(34-5-2)24(17-20)35-6-3)30(29(33)28(25)32)18-22-8-7-16-37-22/h7-14,16-17,26,31H,4-6,15,18H2,1-3H3. The van der Waals surface area contributed by atoms with E-state index in [9.17, 15) is 14.7 Å². The van der Waals surface area contributed by atoms with E-state index in [0.29, 0.717) is 54.0 Å². The van der Waals surface area contributed by atoms with Crippen LogP contribution in [0.2, 0.25) is 0 Å². The molecule has 37 heavy (non-hydrogen) atoms. The molecule has 0 saturated carbocycles. The van der Waals surface area contributed by atoms with E-state index < -0.39 is 17.7 Å². The first kappa shape index (κ1) is 25.9. The zero-order valence-corrected chi connectivity index (χ0v) is 21.2. The van der Waals surface area contributed by atoms with Gasteiger partial charge in [0.2, 0.25) is 0 Å². The number of aliphatic hydroxyl groups is 1. The summed E-state index contributed by atoms with van der Waals surface area (Å²) in [5, 5.41) is 11.3. The van der Waals surface area contributed by atoms with Crippen molar-refractivity contribution >= 4 is 17.4 Å². The Morgan fingerprint density at radius 3 is 2.32 bits per heavy atom. The second-order valence-corrected chi connectivity index (χ2v) is 8.45. The average Bonchev–Trinajstić information content (AvgIpc) is 3.51. The smallest absolute Gasteiger partial charge is 0.296 e. The van der Waals surface area contributed by atoms with Crippen molar-refractivity contribution in [2.45, 2.75) is 39.8 Å². The number of hydrogen-bond donors (Lipinski definition) is 1. The van der Waals surface area contributed by atoms with E-state index in [2.05, 4.69) is 0 Å². The fourth-order valence-electron chi connectivity index (χ4n) is 4.28. The molecule has 1 atom stereocenters. The number of amides is 1. The summed E-state index contributed by atoms with van der Waals surface area (Å²) in [5.74, 6) is 0.451. The van der Waals surface area contributed by atoms with Crippen LogP contribution < -0.4 is 14.2 Å². The van der Waals surface area contributed by atoms with Crippen LogP contribution in [0.1, 0.15) is 50.1 Å². The molecule has 1 aliphatic heterocycles. The van der Waals surface area contributed by atoms with E-state index in [0.717, 1.165) is 6.42 Å². The number of hydrogen-bond acceptors (Lipinski definition) is 7. The van der Waals surface area contributed by atoms with Gasteiger partial charge in [-0.3, -0.25) is 9.59 Å². The van der Waals surface area contributed by atoms with Crippen molar-refractivity contribution < 1.29 is 33.3 Å². The Morgan fingerprint density at radius 1 is 0.946 bits per heavy atom. The van der Waals surface area contributed by atoms with Crippen LogP contribution in [0.15, 0.2) is 70.9 Å². The Kier molecular flexibility index (Phi) is 8.18. The largest absolute Gasteiger partial charge is 0.507 e. The number of likely N-dealkylation sites (tertiary alicyclic amines) is 1. The third kappa shape index (κ3) is 5.48. The zero-order chi connectivity index (χ0) is 26.4. The van der Waals surface area contributed by atoms with E-state index in [1.165, 1.54) is 11.2 Å². The summed E-state index contributed by atoms with van der Waals surface area (Å²) >= 11 is 0. The Labute approximate surface area is 216 Å². The first-order valence-corrected chi connectivity index (χ1v) is 12.4. The van der Waals surface area contributed by atoms with E-state index in [1.807, 2.05) is 20.8 Å². The van der Waals surface area contributed by atoms with Gasteiger partial charge in [-0.1, -0.05) is 13.0 Å². The SMILES string of the molecule is CCCOc1ccc(C(O)=C2C(=O)C(=O)N(Cc3ccco3)C2c2ccc(OCC)c(OCC)c2)cc1. The first-order valence-electron chi connectivity index (χ1n) is 12.4. The number of carbonyl (C=O) groups excluding carboxylic acids is 2. The molecule has 8 nitrogen and oxygen atoms in total. The van der Waals surface area contributed by atoms with Crippen molar-refractivity contribution in [2.24, 2.45) is 0 Å². The summed E-state index contributed by atoms with van der Waals surface area (Å²) in [4.78, 5) is 27.9. The van der Waals surface area contributed by atoms with E-state index in [1.54, 1.807) is 54.6 Å². The van der Waals surface area contributed by atoms with Gasteiger partial charge in [0.15, 0.2) is 11.5 Å². The number of furan rings is 1. The number of ketones is 1. The van der Waals surface area contributed by atoms with Gasteiger partial charge in [-0.05, 0) is 74.4 Å². The van der Waals surface area contributed by atoms with E-state index >= 15 is 0 Å². The fraction of sp³-hybridized carbons (Fsp3) is 0.310. The molecule has 4 rings (SSSR count). The van der Waals surface area contributed by atoms with Crippen molar-refractivity contribution in [3.63, 3.8) is 0 Å². The molecule has 1 N–H and O–H groups in total. The molecule has 1 aliphatic rings. The predicted octanol–water partition coefficient (Wildman–Crippen LogP) is 5.49. The Hall–Kier alpha value is -4.20. The van der Waals surface area contributed by atoms with Crippen molar-refractivity contribution in [3.8, 4) is 17.2 Å². The minimum Gasteiger partial charge on any atom is -0.507 e. The van der Waals surface area contributed by atoms with Crippen molar-refractivity contribution in [3.05, 3.63) is 83.3 Å². The number of aliphatic hydroxyl groups excluding tert-OH is 1. The molecule has 1 unspecified atom stereocenters. The van der Waals surface area contributed by atoms with Gasteiger partial charge in [0.25, 0.3) is 11.7 Å². The van der Waals surface area contributed by atoms with Crippen molar-refractivity contribution in [1.82, 2.24) is 4.90 Å². The lowest BCUT2D eigenvalue weighted by molar-refractivity contribution is -0.140. The van der Waals surface area contributed by atoms with Gasteiger partial charge in [0, 0.05) is 5.56 Å². The second kappa shape index (κ2) is 11.7. The lowest BCUT2D eigenvalue weighted by atomic mass is 9.95. The molecular weight excluding hydrogens is 474 g/mol. The zero-order valence-electron chi connectivity index (χ0n) is 21.2. The fourth-order valence-corrected chi connectivity index (χ4v) is 4.28. The molecule has 0 aliphatic carbocycles. The summed E-state index contributed by atoms with van der Waals surface area (Å²) in [6.07, 6.45) is 2.37. The third-order valence-electron chi connectivity index (χ3n) is 5.93. The molecule has 0 radical (unpaired) electrons. The molecule has 194 valence electrons. The molecule has 1 aromatic heterocycles. The first-order chi connectivity index (χ1) is 18.0. The monoisotopic (exact) mass is 505 g/mol. The molecule has 1 amide bonds. The number of Topliss-reactive ketones (excluding diaryl/α,β-unsaturated/α-hetero) is 1. The van der Waals surface area contributed by atoms with Crippen LogP contribution in [0.4, 0.5) is 0 Å². The molecular formula is C29H31NO7. The number of rotatable bonds is 11. The average molecular weight is 506 g/mol. The molecule has 1 fully saturated rings. The number of carbonyl (C=O) groups is 2. The number of nitrogens with zero attached hydrogens (tertiary/aromatic N) is 1. The van der Waals surface area contributed by atoms with Gasteiger partial charge in [0.05, 0.1) is 44.2 Å². The van der Waals surface area contributed by atoms with Gasteiger partial charge < -0.3 is 28.6 Å². The maximum absolute atomic E-state index is 13.3. The van der Waals surface area contributed by atoms with Gasteiger partial charge >= 0.3 is 0 Å². The van der Waals surface area contributed by atoms with Crippen LogP contribution in [0.5, 0.6) is 17.2 Å².